The van der Waals surface area contributed by atoms with Gasteiger partial charge in [0.1, 0.15) is 5.75 Å². The van der Waals surface area contributed by atoms with E-state index >= 15 is 0 Å². The number of benzene rings is 3. The third-order valence-electron chi connectivity index (χ3n) is 5.05. The molecule has 0 spiro atoms. The molecule has 0 saturated heterocycles. The van der Waals surface area contributed by atoms with Crippen LogP contribution in [-0.2, 0) is 4.79 Å². The zero-order chi connectivity index (χ0) is 23.4. The minimum absolute atomic E-state index is 0.140. The summed E-state index contributed by atoms with van der Waals surface area (Å²) in [5, 5.41) is 18.9. The lowest BCUT2D eigenvalue weighted by molar-refractivity contribution is -0.131. The van der Waals surface area contributed by atoms with Gasteiger partial charge >= 0.3 is 5.97 Å². The van der Waals surface area contributed by atoms with Gasteiger partial charge in [0.25, 0.3) is 11.8 Å². The maximum Gasteiger partial charge on any atom is 0.328 e. The van der Waals surface area contributed by atoms with Crippen LogP contribution < -0.4 is 0 Å². The number of para-hydroxylation sites is 1. The van der Waals surface area contributed by atoms with Crippen molar-refractivity contribution < 1.29 is 24.6 Å². The first-order chi connectivity index (χ1) is 15.9. The van der Waals surface area contributed by atoms with Crippen molar-refractivity contribution in [2.24, 2.45) is 0 Å². The highest BCUT2D eigenvalue weighted by Crippen LogP contribution is 2.24. The van der Waals surface area contributed by atoms with Crippen molar-refractivity contribution in [1.82, 2.24) is 4.90 Å². The fourth-order valence-electron chi connectivity index (χ4n) is 3.48. The highest BCUT2D eigenvalue weighted by Gasteiger charge is 2.33. The van der Waals surface area contributed by atoms with Crippen LogP contribution in [0.1, 0.15) is 43.0 Å². The molecular formula is C27H19NO5. The monoisotopic (exact) mass is 437 g/mol. The van der Waals surface area contributed by atoms with E-state index in [1.807, 2.05) is 12.1 Å². The fraction of sp³-hybridized carbons (Fsp3) is 0. The first-order valence-electron chi connectivity index (χ1n) is 10.1. The number of carboxylic acids is 1. The number of hydrogen-bond acceptors (Lipinski definition) is 4. The van der Waals surface area contributed by atoms with Gasteiger partial charge in [-0.3, -0.25) is 9.59 Å². The first-order valence-corrected chi connectivity index (χ1v) is 10.1. The SMILES string of the molecule is O=C(O)/C=C/c1cc(/C=C/c2ccccc2O)cc(/C=C/N2C(=O)c3ccccc3C2=O)c1. The van der Waals surface area contributed by atoms with Crippen molar-refractivity contribution in [2.45, 2.75) is 0 Å². The zero-order valence-electron chi connectivity index (χ0n) is 17.4. The van der Waals surface area contributed by atoms with E-state index in [0.29, 0.717) is 27.8 Å². The molecule has 0 fully saturated rings. The van der Waals surface area contributed by atoms with Crippen molar-refractivity contribution in [3.63, 3.8) is 0 Å². The van der Waals surface area contributed by atoms with Crippen molar-refractivity contribution in [3.8, 4) is 5.75 Å². The Labute approximate surface area is 190 Å². The van der Waals surface area contributed by atoms with Gasteiger partial charge in [-0.15, -0.1) is 0 Å². The van der Waals surface area contributed by atoms with E-state index in [1.165, 1.54) is 12.3 Å². The number of amides is 2. The Morgan fingerprint density at radius 1 is 0.727 bits per heavy atom. The van der Waals surface area contributed by atoms with E-state index < -0.39 is 17.8 Å². The highest BCUT2D eigenvalue weighted by molar-refractivity contribution is 6.22. The van der Waals surface area contributed by atoms with Gasteiger partial charge in [-0.05, 0) is 65.2 Å². The summed E-state index contributed by atoms with van der Waals surface area (Å²) < 4.78 is 0. The Morgan fingerprint density at radius 2 is 1.27 bits per heavy atom. The van der Waals surface area contributed by atoms with E-state index in [9.17, 15) is 19.5 Å². The summed E-state index contributed by atoms with van der Waals surface area (Å²) in [5.74, 6) is -1.73. The number of phenolic OH excluding ortho intramolecular Hbond substituents is 1. The van der Waals surface area contributed by atoms with Crippen LogP contribution in [0.15, 0.2) is 79.0 Å². The molecule has 0 bridgehead atoms. The van der Waals surface area contributed by atoms with E-state index in [4.69, 9.17) is 5.11 Å². The Morgan fingerprint density at radius 3 is 1.88 bits per heavy atom. The lowest BCUT2D eigenvalue weighted by atomic mass is 10.0. The van der Waals surface area contributed by atoms with Gasteiger partial charge in [0, 0.05) is 17.8 Å². The summed E-state index contributed by atoms with van der Waals surface area (Å²) in [6.07, 6.45) is 9.06. The predicted octanol–water partition coefficient (Wildman–Crippen LogP) is 4.93. The van der Waals surface area contributed by atoms with Crippen molar-refractivity contribution >= 4 is 42.1 Å². The smallest absolute Gasteiger partial charge is 0.328 e. The lowest BCUT2D eigenvalue weighted by Gasteiger charge is -2.08. The molecule has 3 aromatic carbocycles. The number of carbonyl (C=O) groups is 3. The Balaban J connectivity index is 1.66. The van der Waals surface area contributed by atoms with E-state index in [2.05, 4.69) is 0 Å². The topological polar surface area (TPSA) is 94.9 Å². The molecule has 0 atom stereocenters. The number of rotatable bonds is 6. The number of imide groups is 1. The van der Waals surface area contributed by atoms with Gasteiger partial charge < -0.3 is 10.2 Å². The van der Waals surface area contributed by atoms with Crippen LogP contribution in [0.2, 0.25) is 0 Å². The second-order valence-electron chi connectivity index (χ2n) is 7.34. The van der Waals surface area contributed by atoms with Crippen LogP contribution >= 0.6 is 0 Å². The minimum atomic E-state index is -1.08. The molecule has 0 saturated carbocycles. The number of aromatic hydroxyl groups is 1. The van der Waals surface area contributed by atoms with Crippen molar-refractivity contribution in [3.05, 3.63) is 112 Å². The zero-order valence-corrected chi connectivity index (χ0v) is 17.4. The van der Waals surface area contributed by atoms with E-state index in [0.717, 1.165) is 16.5 Å². The van der Waals surface area contributed by atoms with Gasteiger partial charge in [0.05, 0.1) is 11.1 Å². The van der Waals surface area contributed by atoms with Crippen LogP contribution in [0.3, 0.4) is 0 Å². The number of carboxylic acid groups (broad SMARTS) is 1. The molecule has 1 heterocycles. The maximum atomic E-state index is 12.6. The molecule has 0 aromatic heterocycles. The van der Waals surface area contributed by atoms with Gasteiger partial charge in [-0.25, -0.2) is 9.69 Å². The lowest BCUT2D eigenvalue weighted by Crippen LogP contribution is -2.23. The first kappa shape index (κ1) is 21.5. The molecule has 4 rings (SSSR count). The second-order valence-corrected chi connectivity index (χ2v) is 7.34. The quantitative estimate of drug-likeness (QED) is 0.324. The molecule has 3 aromatic rings. The molecule has 0 unspecified atom stereocenters. The summed E-state index contributed by atoms with van der Waals surface area (Å²) in [6.45, 7) is 0. The van der Waals surface area contributed by atoms with Gasteiger partial charge in [-0.1, -0.05) is 42.5 Å². The largest absolute Gasteiger partial charge is 0.507 e. The van der Waals surface area contributed by atoms with Crippen LogP contribution in [0.25, 0.3) is 24.3 Å². The summed E-state index contributed by atoms with van der Waals surface area (Å²) in [5.41, 5.74) is 3.38. The fourth-order valence-corrected chi connectivity index (χ4v) is 3.48. The molecular weight excluding hydrogens is 418 g/mol. The summed E-state index contributed by atoms with van der Waals surface area (Å²) in [7, 11) is 0. The number of aliphatic carboxylic acids is 1. The van der Waals surface area contributed by atoms with Crippen LogP contribution in [-0.4, -0.2) is 32.9 Å². The molecule has 0 radical (unpaired) electrons. The number of phenols is 1. The van der Waals surface area contributed by atoms with Crippen LogP contribution in [0, 0.1) is 0 Å². The van der Waals surface area contributed by atoms with Crippen molar-refractivity contribution in [2.75, 3.05) is 0 Å². The van der Waals surface area contributed by atoms with E-state index in [1.54, 1.807) is 72.8 Å². The van der Waals surface area contributed by atoms with Crippen LogP contribution in [0.4, 0.5) is 0 Å². The normalized spacial score (nSPS) is 13.5. The average Bonchev–Trinajstić information content (AvgIpc) is 3.05. The molecule has 1 aliphatic rings. The predicted molar refractivity (Wildman–Crippen MR) is 126 cm³/mol. The molecule has 33 heavy (non-hydrogen) atoms. The Hall–Kier alpha value is -4.71. The van der Waals surface area contributed by atoms with Crippen molar-refractivity contribution in [1.29, 1.82) is 0 Å². The third-order valence-corrected chi connectivity index (χ3v) is 5.05. The standard InChI is InChI=1S/C27H19NO5/c29-24-8-4-1-5-21(24)11-9-18-15-19(10-12-25(30)31)17-20(16-18)13-14-28-26(32)22-6-2-3-7-23(22)27(28)33/h1-17,29H,(H,30,31)/b11-9+,12-10+,14-13+. The number of carbonyl (C=O) groups excluding carboxylic acids is 2. The molecule has 162 valence electrons. The highest BCUT2D eigenvalue weighted by atomic mass is 16.4. The third kappa shape index (κ3) is 4.80. The minimum Gasteiger partial charge on any atom is -0.507 e. The number of nitrogens with zero attached hydrogens (tertiary/aromatic N) is 1. The Kier molecular flexibility index (Phi) is 6.00. The molecule has 0 aliphatic carbocycles. The van der Waals surface area contributed by atoms with E-state index in [-0.39, 0.29) is 5.75 Å². The number of fused-ring (bicyclic) bond motifs is 1. The molecule has 2 amide bonds. The molecule has 6 heteroatoms. The average molecular weight is 437 g/mol. The summed E-state index contributed by atoms with van der Waals surface area (Å²) >= 11 is 0. The summed E-state index contributed by atoms with van der Waals surface area (Å²) in [6, 6.07) is 18.9. The molecule has 1 aliphatic heterocycles. The maximum absolute atomic E-state index is 12.6. The number of hydrogen-bond donors (Lipinski definition) is 2. The summed E-state index contributed by atoms with van der Waals surface area (Å²) in [4.78, 5) is 37.2. The van der Waals surface area contributed by atoms with Gasteiger partial charge in [0.2, 0.25) is 0 Å². The second kappa shape index (κ2) is 9.20. The molecule has 6 nitrogen and oxygen atoms in total. The van der Waals surface area contributed by atoms with Gasteiger partial charge in [-0.2, -0.15) is 0 Å². The molecule has 2 N–H and O–H groups in total. The Bertz CT molecular complexity index is 1320. The van der Waals surface area contributed by atoms with Gasteiger partial charge in [0.15, 0.2) is 0 Å². The van der Waals surface area contributed by atoms with Crippen LogP contribution in [0.5, 0.6) is 5.75 Å².